The number of ether oxygens (including phenoxy) is 3. The number of hydrogen-bond acceptors (Lipinski definition) is 5. The van der Waals surface area contributed by atoms with Gasteiger partial charge in [-0.05, 0) is 68.4 Å². The van der Waals surface area contributed by atoms with Crippen LogP contribution in [0.3, 0.4) is 0 Å². The van der Waals surface area contributed by atoms with Crippen molar-refractivity contribution in [3.8, 4) is 17.2 Å². The van der Waals surface area contributed by atoms with Gasteiger partial charge in [0.1, 0.15) is 0 Å². The number of benzene rings is 1. The van der Waals surface area contributed by atoms with Gasteiger partial charge in [-0.3, -0.25) is 0 Å². The summed E-state index contributed by atoms with van der Waals surface area (Å²) in [7, 11) is 4.68. The molecule has 2 amide bonds. The summed E-state index contributed by atoms with van der Waals surface area (Å²) in [4.78, 5) is 12.5. The second kappa shape index (κ2) is 7.53. The van der Waals surface area contributed by atoms with Crippen LogP contribution >= 0.6 is 0 Å². The van der Waals surface area contributed by atoms with Crippen molar-refractivity contribution in [3.05, 3.63) is 17.7 Å². The van der Waals surface area contributed by atoms with E-state index in [0.717, 1.165) is 37.0 Å². The lowest BCUT2D eigenvalue weighted by Crippen LogP contribution is -2.61. The maximum absolute atomic E-state index is 12.5. The van der Waals surface area contributed by atoms with E-state index in [9.17, 15) is 4.79 Å². The summed E-state index contributed by atoms with van der Waals surface area (Å²) in [6.45, 7) is 0. The quantitative estimate of drug-likeness (QED) is 0.580. The molecule has 5 rings (SSSR count). The molecular formula is C21H29N3O4. The highest BCUT2D eigenvalue weighted by molar-refractivity contribution is 5.87. The molecule has 0 unspecified atom stereocenters. The van der Waals surface area contributed by atoms with E-state index in [0.29, 0.717) is 22.8 Å². The van der Waals surface area contributed by atoms with Crippen molar-refractivity contribution in [1.82, 2.24) is 10.7 Å². The zero-order chi connectivity index (χ0) is 19.7. The summed E-state index contributed by atoms with van der Waals surface area (Å²) in [5.41, 5.74) is 3.27. The summed E-state index contributed by atoms with van der Waals surface area (Å²) < 4.78 is 16.1. The van der Waals surface area contributed by atoms with Gasteiger partial charge in [-0.1, -0.05) is 0 Å². The topological polar surface area (TPSA) is 81.2 Å². The molecule has 4 fully saturated rings. The average Bonchev–Trinajstić information content (AvgIpc) is 2.65. The zero-order valence-electron chi connectivity index (χ0n) is 16.8. The van der Waals surface area contributed by atoms with Gasteiger partial charge in [0.15, 0.2) is 11.5 Å². The first kappa shape index (κ1) is 18.9. The van der Waals surface area contributed by atoms with E-state index >= 15 is 0 Å². The molecular weight excluding hydrogens is 358 g/mol. The average molecular weight is 387 g/mol. The standard InChI is InChI=1S/C21H29N3O4/c1-26-17-5-4-16(18(27-2)19(17)28-3)12-22-24-20(25)23-21-9-13-6-14(10-21)8-15(7-13)11-21/h4-5,12-15H,6-11H2,1-3H3,(H2,23,24,25). The molecule has 152 valence electrons. The van der Waals surface area contributed by atoms with Crippen molar-refractivity contribution in [2.75, 3.05) is 21.3 Å². The van der Waals surface area contributed by atoms with Gasteiger partial charge in [0, 0.05) is 11.1 Å². The molecule has 2 N–H and O–H groups in total. The number of carbonyl (C=O) groups excluding carboxylic acids is 1. The first-order valence-electron chi connectivity index (χ1n) is 9.96. The summed E-state index contributed by atoms with van der Waals surface area (Å²) in [5.74, 6) is 3.92. The van der Waals surface area contributed by atoms with E-state index in [1.807, 2.05) is 6.07 Å². The largest absolute Gasteiger partial charge is 0.493 e. The predicted octanol–water partition coefficient (Wildman–Crippen LogP) is 3.31. The molecule has 0 spiro atoms. The van der Waals surface area contributed by atoms with Gasteiger partial charge in [0.2, 0.25) is 5.75 Å². The van der Waals surface area contributed by atoms with Gasteiger partial charge >= 0.3 is 6.03 Å². The Morgan fingerprint density at radius 1 is 1.00 bits per heavy atom. The summed E-state index contributed by atoms with van der Waals surface area (Å²) in [6.07, 6.45) is 8.93. The van der Waals surface area contributed by atoms with Gasteiger partial charge in [-0.2, -0.15) is 5.10 Å². The third-order valence-corrected chi connectivity index (χ3v) is 6.52. The first-order valence-corrected chi connectivity index (χ1v) is 9.96. The van der Waals surface area contributed by atoms with E-state index in [2.05, 4.69) is 15.8 Å². The van der Waals surface area contributed by atoms with Crippen molar-refractivity contribution < 1.29 is 19.0 Å². The number of carbonyl (C=O) groups is 1. The van der Waals surface area contributed by atoms with Crippen molar-refractivity contribution >= 4 is 12.2 Å². The predicted molar refractivity (Wildman–Crippen MR) is 106 cm³/mol. The highest BCUT2D eigenvalue weighted by Gasteiger charge is 2.51. The van der Waals surface area contributed by atoms with E-state index in [1.54, 1.807) is 33.6 Å². The number of nitrogens with zero attached hydrogens (tertiary/aromatic N) is 1. The van der Waals surface area contributed by atoms with Crippen LogP contribution in [0.1, 0.15) is 44.1 Å². The highest BCUT2D eigenvalue weighted by Crippen LogP contribution is 2.55. The molecule has 0 aromatic heterocycles. The minimum Gasteiger partial charge on any atom is -0.493 e. The number of urea groups is 1. The first-order chi connectivity index (χ1) is 13.6. The molecule has 1 aromatic carbocycles. The van der Waals surface area contributed by atoms with Crippen molar-refractivity contribution in [2.45, 2.75) is 44.1 Å². The van der Waals surface area contributed by atoms with Crippen LogP contribution < -0.4 is 25.0 Å². The Labute approximate surface area is 165 Å². The van der Waals surface area contributed by atoms with Gasteiger partial charge in [-0.15, -0.1) is 0 Å². The molecule has 0 atom stereocenters. The lowest BCUT2D eigenvalue weighted by atomic mass is 9.53. The molecule has 0 radical (unpaired) electrons. The zero-order valence-corrected chi connectivity index (χ0v) is 16.8. The second-order valence-electron chi connectivity index (χ2n) is 8.45. The van der Waals surface area contributed by atoms with Crippen molar-refractivity contribution in [1.29, 1.82) is 0 Å². The molecule has 0 aliphatic heterocycles. The molecule has 4 bridgehead atoms. The minimum atomic E-state index is -0.238. The number of nitrogens with one attached hydrogen (secondary N) is 2. The van der Waals surface area contributed by atoms with Crippen LogP contribution in [-0.2, 0) is 0 Å². The fourth-order valence-corrected chi connectivity index (χ4v) is 5.92. The van der Waals surface area contributed by atoms with Crippen LogP contribution in [0.15, 0.2) is 17.2 Å². The number of methoxy groups -OCH3 is 3. The Morgan fingerprint density at radius 3 is 2.14 bits per heavy atom. The molecule has 28 heavy (non-hydrogen) atoms. The molecule has 7 nitrogen and oxygen atoms in total. The number of rotatable bonds is 6. The summed E-state index contributed by atoms with van der Waals surface area (Å²) in [6, 6.07) is 3.35. The van der Waals surface area contributed by atoms with Crippen LogP contribution in [0.5, 0.6) is 17.2 Å². The van der Waals surface area contributed by atoms with E-state index < -0.39 is 0 Å². The Bertz CT molecular complexity index is 742. The number of amides is 2. The van der Waals surface area contributed by atoms with Crippen molar-refractivity contribution in [2.24, 2.45) is 22.9 Å². The number of hydrogen-bond donors (Lipinski definition) is 2. The fraction of sp³-hybridized carbons (Fsp3) is 0.619. The van der Waals surface area contributed by atoms with E-state index in [1.165, 1.54) is 19.3 Å². The van der Waals surface area contributed by atoms with Gasteiger partial charge in [0.25, 0.3) is 0 Å². The summed E-state index contributed by atoms with van der Waals surface area (Å²) >= 11 is 0. The van der Waals surface area contributed by atoms with Crippen LogP contribution in [-0.4, -0.2) is 39.1 Å². The molecule has 4 saturated carbocycles. The SMILES string of the molecule is COc1ccc(C=NNC(=O)NC23CC4CC(CC(C4)C2)C3)c(OC)c1OC. The molecule has 4 aliphatic carbocycles. The second-order valence-corrected chi connectivity index (χ2v) is 8.45. The maximum atomic E-state index is 12.5. The highest BCUT2D eigenvalue weighted by atomic mass is 16.5. The smallest absolute Gasteiger partial charge is 0.335 e. The Kier molecular flexibility index (Phi) is 5.08. The monoisotopic (exact) mass is 387 g/mol. The van der Waals surface area contributed by atoms with Gasteiger partial charge in [-0.25, -0.2) is 10.2 Å². The van der Waals surface area contributed by atoms with Gasteiger partial charge < -0.3 is 19.5 Å². The minimum absolute atomic E-state index is 0.0324. The molecule has 7 heteroatoms. The third-order valence-electron chi connectivity index (χ3n) is 6.52. The third kappa shape index (κ3) is 3.50. The summed E-state index contributed by atoms with van der Waals surface area (Å²) in [5, 5.41) is 7.36. The van der Waals surface area contributed by atoms with E-state index in [-0.39, 0.29) is 11.6 Å². The Balaban J connectivity index is 1.41. The van der Waals surface area contributed by atoms with E-state index in [4.69, 9.17) is 14.2 Å². The maximum Gasteiger partial charge on any atom is 0.335 e. The van der Waals surface area contributed by atoms with Crippen LogP contribution in [0.2, 0.25) is 0 Å². The van der Waals surface area contributed by atoms with Crippen LogP contribution in [0, 0.1) is 17.8 Å². The normalized spacial score (nSPS) is 30.3. The Morgan fingerprint density at radius 2 is 1.61 bits per heavy atom. The Hall–Kier alpha value is -2.44. The lowest BCUT2D eigenvalue weighted by molar-refractivity contribution is -0.0135. The molecule has 0 saturated heterocycles. The molecule has 4 aliphatic rings. The van der Waals surface area contributed by atoms with Crippen molar-refractivity contribution in [3.63, 3.8) is 0 Å². The lowest BCUT2D eigenvalue weighted by Gasteiger charge is -2.56. The number of hydrazone groups is 1. The van der Waals surface area contributed by atoms with Crippen LogP contribution in [0.4, 0.5) is 4.79 Å². The fourth-order valence-electron chi connectivity index (χ4n) is 5.92. The molecule has 1 aromatic rings. The molecule has 0 heterocycles. The van der Waals surface area contributed by atoms with Gasteiger partial charge in [0.05, 0.1) is 27.5 Å². The van der Waals surface area contributed by atoms with Crippen LogP contribution in [0.25, 0.3) is 0 Å².